The largest absolute Gasteiger partial charge is 0.643 e. The lowest BCUT2D eigenvalue weighted by atomic mass is 9.77. The van der Waals surface area contributed by atoms with E-state index < -0.39 is 36.1 Å². The molecular weight excluding hydrogens is 335 g/mol. The maximum absolute atomic E-state index is 14.4. The molecule has 0 unspecified atom stereocenters. The SMILES string of the molecule is C=CC[C@H](C)Oc1ccc(F)c(F)c1B1O/C(O)=C\N(C)/C=C(/O)O1. The van der Waals surface area contributed by atoms with Gasteiger partial charge in [-0.25, -0.2) is 8.78 Å². The zero-order chi connectivity index (χ0) is 18.6. The van der Waals surface area contributed by atoms with Crippen molar-refractivity contribution < 1.29 is 33.0 Å². The number of halogens is 2. The second kappa shape index (κ2) is 7.82. The van der Waals surface area contributed by atoms with Gasteiger partial charge in [-0.1, -0.05) is 6.08 Å². The Balaban J connectivity index is 2.45. The molecule has 9 heteroatoms. The molecule has 134 valence electrons. The highest BCUT2D eigenvalue weighted by Gasteiger charge is 2.38. The van der Waals surface area contributed by atoms with Crippen molar-refractivity contribution in [2.45, 2.75) is 19.4 Å². The molecule has 0 bridgehead atoms. The predicted octanol–water partition coefficient (Wildman–Crippen LogP) is 2.70. The average molecular weight is 353 g/mol. The summed E-state index contributed by atoms with van der Waals surface area (Å²) in [5, 5.41) is 19.5. The Bertz CT molecular complexity index is 688. The molecule has 1 aromatic rings. The van der Waals surface area contributed by atoms with Gasteiger partial charge in [0.1, 0.15) is 5.75 Å². The first-order valence-electron chi connectivity index (χ1n) is 7.44. The Morgan fingerprint density at radius 3 is 2.44 bits per heavy atom. The van der Waals surface area contributed by atoms with Crippen molar-refractivity contribution >= 4 is 12.6 Å². The van der Waals surface area contributed by atoms with E-state index in [4.69, 9.17) is 14.0 Å². The van der Waals surface area contributed by atoms with Gasteiger partial charge in [0.2, 0.25) is 0 Å². The zero-order valence-electron chi connectivity index (χ0n) is 13.8. The van der Waals surface area contributed by atoms with E-state index in [0.717, 1.165) is 18.5 Å². The lowest BCUT2D eigenvalue weighted by Crippen LogP contribution is -2.42. The van der Waals surface area contributed by atoms with Crippen LogP contribution in [0.15, 0.2) is 49.1 Å². The summed E-state index contributed by atoms with van der Waals surface area (Å²) in [7, 11) is -0.170. The van der Waals surface area contributed by atoms with E-state index in [1.165, 1.54) is 18.0 Å². The lowest BCUT2D eigenvalue weighted by Gasteiger charge is -2.23. The fourth-order valence-electron chi connectivity index (χ4n) is 2.18. The highest BCUT2D eigenvalue weighted by Crippen LogP contribution is 2.20. The molecule has 25 heavy (non-hydrogen) atoms. The van der Waals surface area contributed by atoms with Gasteiger partial charge in [-0.3, -0.25) is 0 Å². The Kier molecular flexibility index (Phi) is 5.79. The first-order chi connectivity index (χ1) is 11.8. The van der Waals surface area contributed by atoms with Gasteiger partial charge in [-0.05, 0) is 19.1 Å². The number of hydrogen-bond donors (Lipinski definition) is 2. The highest BCUT2D eigenvalue weighted by atomic mass is 19.2. The fourth-order valence-corrected chi connectivity index (χ4v) is 2.18. The predicted molar refractivity (Wildman–Crippen MR) is 88.0 cm³/mol. The summed E-state index contributed by atoms with van der Waals surface area (Å²) < 4.78 is 43.9. The van der Waals surface area contributed by atoms with Crippen LogP contribution in [0.4, 0.5) is 8.78 Å². The van der Waals surface area contributed by atoms with Crippen molar-refractivity contribution in [2.24, 2.45) is 0 Å². The van der Waals surface area contributed by atoms with E-state index in [-0.39, 0.29) is 11.9 Å². The molecule has 6 nitrogen and oxygen atoms in total. The number of hydrogen-bond acceptors (Lipinski definition) is 6. The van der Waals surface area contributed by atoms with Crippen LogP contribution in [0.3, 0.4) is 0 Å². The zero-order valence-corrected chi connectivity index (χ0v) is 13.8. The maximum Gasteiger partial charge on any atom is 0.643 e. The molecule has 1 aromatic carbocycles. The molecule has 1 aliphatic rings. The normalized spacial score (nSPS) is 20.0. The van der Waals surface area contributed by atoms with Crippen LogP contribution in [0.25, 0.3) is 0 Å². The van der Waals surface area contributed by atoms with Crippen LogP contribution in [0, 0.1) is 11.6 Å². The van der Waals surface area contributed by atoms with Gasteiger partial charge in [0.25, 0.3) is 11.9 Å². The third-order valence-electron chi connectivity index (χ3n) is 3.24. The monoisotopic (exact) mass is 353 g/mol. The van der Waals surface area contributed by atoms with Crippen LogP contribution in [0.5, 0.6) is 5.75 Å². The van der Waals surface area contributed by atoms with Crippen molar-refractivity contribution in [3.8, 4) is 5.75 Å². The first-order valence-corrected chi connectivity index (χ1v) is 7.44. The molecule has 0 amide bonds. The van der Waals surface area contributed by atoms with Crippen LogP contribution >= 0.6 is 0 Å². The second-order valence-corrected chi connectivity index (χ2v) is 5.39. The second-order valence-electron chi connectivity index (χ2n) is 5.39. The van der Waals surface area contributed by atoms with Gasteiger partial charge in [-0.15, -0.1) is 6.58 Å². The Labute approximate surface area is 144 Å². The van der Waals surface area contributed by atoms with Crippen molar-refractivity contribution in [1.82, 2.24) is 4.90 Å². The maximum atomic E-state index is 14.4. The smallest absolute Gasteiger partial charge is 0.494 e. The van der Waals surface area contributed by atoms with Gasteiger partial charge in [-0.2, -0.15) is 0 Å². The van der Waals surface area contributed by atoms with Crippen LogP contribution in [-0.2, 0) is 9.31 Å². The van der Waals surface area contributed by atoms with E-state index in [0.29, 0.717) is 6.42 Å². The third kappa shape index (κ3) is 4.59. The Hall–Kier alpha value is -2.84. The van der Waals surface area contributed by atoms with Crippen molar-refractivity contribution in [1.29, 1.82) is 0 Å². The van der Waals surface area contributed by atoms with Crippen LogP contribution < -0.4 is 10.2 Å². The van der Waals surface area contributed by atoms with Crippen molar-refractivity contribution in [3.05, 3.63) is 60.7 Å². The summed E-state index contributed by atoms with van der Waals surface area (Å²) in [6.45, 7) is 5.31. The van der Waals surface area contributed by atoms with E-state index in [1.54, 1.807) is 13.0 Å². The molecule has 0 aliphatic carbocycles. The molecule has 0 radical (unpaired) electrons. The molecule has 0 fully saturated rings. The lowest BCUT2D eigenvalue weighted by molar-refractivity contribution is 0.123. The van der Waals surface area contributed by atoms with Crippen LogP contribution in [0.1, 0.15) is 13.3 Å². The van der Waals surface area contributed by atoms with E-state index >= 15 is 0 Å². The molecule has 2 rings (SSSR count). The Morgan fingerprint density at radius 1 is 1.28 bits per heavy atom. The fraction of sp³-hybridized carbons (Fsp3) is 0.250. The molecular formula is C16H18BF2NO5. The molecule has 2 N–H and O–H groups in total. The number of benzene rings is 1. The third-order valence-corrected chi connectivity index (χ3v) is 3.24. The van der Waals surface area contributed by atoms with Gasteiger partial charge in [0, 0.05) is 13.5 Å². The summed E-state index contributed by atoms with van der Waals surface area (Å²) >= 11 is 0. The van der Waals surface area contributed by atoms with E-state index in [9.17, 15) is 19.0 Å². The topological polar surface area (TPSA) is 71.4 Å². The Morgan fingerprint density at radius 2 is 1.88 bits per heavy atom. The first kappa shape index (κ1) is 18.5. The minimum absolute atomic E-state index is 0.0484. The number of aliphatic hydroxyl groups is 2. The van der Waals surface area contributed by atoms with Gasteiger partial charge in [0.15, 0.2) is 11.6 Å². The highest BCUT2D eigenvalue weighted by molar-refractivity contribution is 6.63. The van der Waals surface area contributed by atoms with Gasteiger partial charge >= 0.3 is 7.12 Å². The molecule has 0 spiro atoms. The molecule has 1 atom stereocenters. The van der Waals surface area contributed by atoms with Crippen LogP contribution in [-0.4, -0.2) is 35.4 Å². The summed E-state index contributed by atoms with van der Waals surface area (Å²) in [6.07, 6.45) is 3.93. The minimum atomic E-state index is -1.66. The van der Waals surface area contributed by atoms with Crippen LogP contribution in [0.2, 0.25) is 0 Å². The number of aliphatic hydroxyl groups excluding tert-OH is 2. The summed E-state index contributed by atoms with van der Waals surface area (Å²) in [5.74, 6) is -3.72. The quantitative estimate of drug-likeness (QED) is 0.627. The molecule has 1 heterocycles. The average Bonchev–Trinajstić information content (AvgIpc) is 2.49. The number of ether oxygens (including phenoxy) is 1. The molecule has 1 aliphatic heterocycles. The molecule has 0 saturated carbocycles. The van der Waals surface area contributed by atoms with Crippen molar-refractivity contribution in [3.63, 3.8) is 0 Å². The van der Waals surface area contributed by atoms with E-state index in [2.05, 4.69) is 6.58 Å². The van der Waals surface area contributed by atoms with Crippen molar-refractivity contribution in [2.75, 3.05) is 7.05 Å². The summed E-state index contributed by atoms with van der Waals surface area (Å²) in [6, 6.07) is 2.11. The number of rotatable bonds is 5. The molecule has 0 aromatic heterocycles. The number of nitrogens with zero attached hydrogens (tertiary/aromatic N) is 1. The minimum Gasteiger partial charge on any atom is -0.494 e. The molecule has 0 saturated heterocycles. The van der Waals surface area contributed by atoms with Gasteiger partial charge in [0.05, 0.1) is 24.0 Å². The summed E-state index contributed by atoms with van der Waals surface area (Å²) in [4.78, 5) is 1.26. The standard InChI is InChI=1S/C16H18BF2NO5/c1-4-5-10(2)23-12-7-6-11(18)16(19)15(12)17-24-13(21)8-20(3)9-14(22)25-17/h4,6-10,21-22H,1,5H2,2-3H3/b13-8-,14-9-/t10-/m0/s1. The van der Waals surface area contributed by atoms with E-state index in [1.807, 2.05) is 0 Å². The summed E-state index contributed by atoms with van der Waals surface area (Å²) in [5.41, 5.74) is -0.430. The van der Waals surface area contributed by atoms with Gasteiger partial charge < -0.3 is 29.2 Å².